The molecule has 8 heteroatoms. The second-order valence-corrected chi connectivity index (χ2v) is 7.28. The SMILES string of the molecule is C[C@@H]1Cc2ccsc2[C@H](C)N1CCNC(=O)c1ccc([N+](=O)[O-])cc1.Cl. The van der Waals surface area contributed by atoms with Crippen molar-refractivity contribution in [3.05, 3.63) is 61.8 Å². The van der Waals surface area contributed by atoms with Crippen molar-refractivity contribution in [3.63, 3.8) is 0 Å². The Labute approximate surface area is 162 Å². The van der Waals surface area contributed by atoms with E-state index in [0.29, 0.717) is 24.2 Å². The summed E-state index contributed by atoms with van der Waals surface area (Å²) in [6.07, 6.45) is 1.04. The van der Waals surface area contributed by atoms with E-state index in [1.165, 1.54) is 34.7 Å². The molecule has 0 aliphatic carbocycles. The van der Waals surface area contributed by atoms with E-state index in [-0.39, 0.29) is 24.0 Å². The Hall–Kier alpha value is -1.96. The number of nitrogens with zero attached hydrogens (tertiary/aromatic N) is 2. The minimum atomic E-state index is -0.473. The van der Waals surface area contributed by atoms with Gasteiger partial charge in [-0.3, -0.25) is 19.8 Å². The molecule has 2 aromatic rings. The molecule has 0 bridgehead atoms. The molecular formula is C18H22ClN3O3S. The highest BCUT2D eigenvalue weighted by Gasteiger charge is 2.29. The zero-order chi connectivity index (χ0) is 18.0. The van der Waals surface area contributed by atoms with Gasteiger partial charge in [0.2, 0.25) is 0 Å². The highest BCUT2D eigenvalue weighted by Crippen LogP contribution is 2.35. The first kappa shape index (κ1) is 20.4. The van der Waals surface area contributed by atoms with Crippen LogP contribution in [0.4, 0.5) is 5.69 Å². The molecule has 0 fully saturated rings. The molecule has 2 heterocycles. The van der Waals surface area contributed by atoms with Gasteiger partial charge in [-0.25, -0.2) is 0 Å². The molecule has 1 aromatic carbocycles. The largest absolute Gasteiger partial charge is 0.351 e. The number of benzene rings is 1. The van der Waals surface area contributed by atoms with Gasteiger partial charge >= 0.3 is 0 Å². The fourth-order valence-corrected chi connectivity index (χ4v) is 4.41. The topological polar surface area (TPSA) is 75.5 Å². The highest BCUT2D eigenvalue weighted by molar-refractivity contribution is 7.10. The molecule has 3 rings (SSSR count). The second kappa shape index (κ2) is 8.62. The fraction of sp³-hybridized carbons (Fsp3) is 0.389. The monoisotopic (exact) mass is 395 g/mol. The highest BCUT2D eigenvalue weighted by atomic mass is 35.5. The minimum Gasteiger partial charge on any atom is -0.351 e. The van der Waals surface area contributed by atoms with Gasteiger partial charge in [-0.05, 0) is 49.4 Å². The molecule has 1 aliphatic rings. The van der Waals surface area contributed by atoms with Crippen molar-refractivity contribution < 1.29 is 9.72 Å². The molecular weight excluding hydrogens is 374 g/mol. The van der Waals surface area contributed by atoms with Gasteiger partial charge in [0.05, 0.1) is 4.92 Å². The third-order valence-electron chi connectivity index (χ3n) is 4.73. The Morgan fingerprint density at radius 1 is 1.31 bits per heavy atom. The molecule has 2 atom stereocenters. The van der Waals surface area contributed by atoms with Gasteiger partial charge in [-0.2, -0.15) is 0 Å². The Morgan fingerprint density at radius 3 is 2.65 bits per heavy atom. The smallest absolute Gasteiger partial charge is 0.269 e. The van der Waals surface area contributed by atoms with Crippen molar-refractivity contribution in [3.8, 4) is 0 Å². The van der Waals surface area contributed by atoms with Gasteiger partial charge in [-0.15, -0.1) is 23.7 Å². The fourth-order valence-electron chi connectivity index (χ4n) is 3.40. The van der Waals surface area contributed by atoms with Crippen LogP contribution in [0.2, 0.25) is 0 Å². The summed E-state index contributed by atoms with van der Waals surface area (Å²) in [6, 6.07) is 8.67. The van der Waals surface area contributed by atoms with Gasteiger partial charge in [0.15, 0.2) is 0 Å². The number of carbonyl (C=O) groups excluding carboxylic acids is 1. The lowest BCUT2D eigenvalue weighted by atomic mass is 9.97. The lowest BCUT2D eigenvalue weighted by Gasteiger charge is -2.38. The van der Waals surface area contributed by atoms with Gasteiger partial charge in [-0.1, -0.05) is 0 Å². The van der Waals surface area contributed by atoms with Crippen LogP contribution in [0, 0.1) is 10.1 Å². The van der Waals surface area contributed by atoms with Crippen LogP contribution in [0.3, 0.4) is 0 Å². The predicted octanol–water partition coefficient (Wildman–Crippen LogP) is 3.82. The lowest BCUT2D eigenvalue weighted by Crippen LogP contribution is -2.44. The van der Waals surface area contributed by atoms with E-state index >= 15 is 0 Å². The first-order valence-electron chi connectivity index (χ1n) is 8.32. The summed E-state index contributed by atoms with van der Waals surface area (Å²) in [5, 5.41) is 15.7. The Balaban J connectivity index is 0.00000243. The van der Waals surface area contributed by atoms with E-state index in [1.807, 2.05) is 0 Å². The van der Waals surface area contributed by atoms with Gasteiger partial charge in [0.25, 0.3) is 11.6 Å². The van der Waals surface area contributed by atoms with Crippen LogP contribution in [0.5, 0.6) is 0 Å². The molecule has 26 heavy (non-hydrogen) atoms. The summed E-state index contributed by atoms with van der Waals surface area (Å²) >= 11 is 1.80. The van der Waals surface area contributed by atoms with Crippen molar-refractivity contribution in [1.82, 2.24) is 10.2 Å². The van der Waals surface area contributed by atoms with Crippen LogP contribution in [-0.4, -0.2) is 34.9 Å². The molecule has 0 unspecified atom stereocenters. The van der Waals surface area contributed by atoms with Crippen LogP contribution >= 0.6 is 23.7 Å². The summed E-state index contributed by atoms with van der Waals surface area (Å²) in [5.41, 5.74) is 1.86. The summed E-state index contributed by atoms with van der Waals surface area (Å²) in [4.78, 5) is 26.2. The number of nitrogens with one attached hydrogen (secondary N) is 1. The maximum Gasteiger partial charge on any atom is 0.269 e. The number of carbonyl (C=O) groups is 1. The number of thiophene rings is 1. The second-order valence-electron chi connectivity index (χ2n) is 6.34. The average molecular weight is 396 g/mol. The molecule has 1 amide bonds. The maximum absolute atomic E-state index is 12.2. The van der Waals surface area contributed by atoms with Crippen LogP contribution < -0.4 is 5.32 Å². The van der Waals surface area contributed by atoms with Crippen LogP contribution in [0.25, 0.3) is 0 Å². The van der Waals surface area contributed by atoms with E-state index in [2.05, 4.69) is 35.5 Å². The first-order valence-corrected chi connectivity index (χ1v) is 9.20. The van der Waals surface area contributed by atoms with Crippen molar-refractivity contribution in [2.75, 3.05) is 13.1 Å². The number of halogens is 1. The zero-order valence-electron chi connectivity index (χ0n) is 14.7. The standard InChI is InChI=1S/C18H21N3O3S.ClH/c1-12-11-15-7-10-25-17(15)13(2)20(12)9-8-19-18(22)14-3-5-16(6-4-14)21(23)24;/h3-7,10,12-13H,8-9,11H2,1-2H3,(H,19,22);1H/t12-,13+;/m1./s1. The quantitative estimate of drug-likeness (QED) is 0.616. The maximum atomic E-state index is 12.2. The Morgan fingerprint density at radius 2 is 2.00 bits per heavy atom. The normalized spacial score (nSPS) is 19.3. The molecule has 0 saturated carbocycles. The number of hydrogen-bond acceptors (Lipinski definition) is 5. The first-order chi connectivity index (χ1) is 12.0. The lowest BCUT2D eigenvalue weighted by molar-refractivity contribution is -0.384. The average Bonchev–Trinajstić information content (AvgIpc) is 3.06. The van der Waals surface area contributed by atoms with Gasteiger partial charge < -0.3 is 5.32 Å². The summed E-state index contributed by atoms with van der Waals surface area (Å²) in [5.74, 6) is -0.205. The van der Waals surface area contributed by atoms with E-state index in [1.54, 1.807) is 11.3 Å². The molecule has 140 valence electrons. The summed E-state index contributed by atoms with van der Waals surface area (Å²) in [7, 11) is 0. The molecule has 1 aromatic heterocycles. The molecule has 1 aliphatic heterocycles. The molecule has 1 N–H and O–H groups in total. The van der Waals surface area contributed by atoms with Crippen LogP contribution in [0.1, 0.15) is 40.7 Å². The predicted molar refractivity (Wildman–Crippen MR) is 105 cm³/mol. The molecule has 0 saturated heterocycles. The minimum absolute atomic E-state index is 0. The summed E-state index contributed by atoms with van der Waals surface area (Å²) < 4.78 is 0. The van der Waals surface area contributed by atoms with Crippen molar-refractivity contribution in [1.29, 1.82) is 0 Å². The van der Waals surface area contributed by atoms with E-state index < -0.39 is 4.92 Å². The number of rotatable bonds is 5. The van der Waals surface area contributed by atoms with Crippen molar-refractivity contribution >= 4 is 35.3 Å². The Kier molecular flexibility index (Phi) is 6.75. The Bertz CT molecular complexity index is 778. The van der Waals surface area contributed by atoms with Crippen LogP contribution in [0.15, 0.2) is 35.7 Å². The third-order valence-corrected chi connectivity index (χ3v) is 5.86. The number of hydrogen-bond donors (Lipinski definition) is 1. The van der Waals surface area contributed by atoms with E-state index in [4.69, 9.17) is 0 Å². The number of fused-ring (bicyclic) bond motifs is 1. The van der Waals surface area contributed by atoms with Crippen molar-refractivity contribution in [2.24, 2.45) is 0 Å². The van der Waals surface area contributed by atoms with Gasteiger partial charge in [0.1, 0.15) is 0 Å². The number of nitro benzene ring substituents is 1. The molecule has 6 nitrogen and oxygen atoms in total. The summed E-state index contributed by atoms with van der Waals surface area (Å²) in [6.45, 7) is 5.75. The van der Waals surface area contributed by atoms with Crippen LogP contribution in [-0.2, 0) is 6.42 Å². The zero-order valence-corrected chi connectivity index (χ0v) is 16.3. The number of non-ortho nitro benzene ring substituents is 1. The third kappa shape index (κ3) is 4.23. The number of nitro groups is 1. The number of amides is 1. The van der Waals surface area contributed by atoms with E-state index in [9.17, 15) is 14.9 Å². The van der Waals surface area contributed by atoms with Crippen molar-refractivity contribution in [2.45, 2.75) is 32.4 Å². The molecule has 0 spiro atoms. The molecule has 0 radical (unpaired) electrons. The van der Waals surface area contributed by atoms with Gasteiger partial charge in [0, 0.05) is 47.7 Å². The van der Waals surface area contributed by atoms with E-state index in [0.717, 1.165) is 13.0 Å².